The third-order valence-electron chi connectivity index (χ3n) is 2.30. The molecule has 0 saturated carbocycles. The highest BCUT2D eigenvalue weighted by Gasteiger charge is 2.04. The molecule has 0 spiro atoms. The minimum Gasteiger partial charge on any atom is -0.748 e. The number of aromatic nitrogens is 4. The van der Waals surface area contributed by atoms with Crippen molar-refractivity contribution in [1.29, 1.82) is 0 Å². The van der Waals surface area contributed by atoms with E-state index in [-0.39, 0.29) is 0 Å². The molecule has 0 aromatic carbocycles. The van der Waals surface area contributed by atoms with Crippen LogP contribution in [0.3, 0.4) is 0 Å². The molecule has 2 rings (SSSR count). The average molecular weight is 299 g/mol. The molecule has 0 radical (unpaired) electrons. The fourth-order valence-electron chi connectivity index (χ4n) is 1.50. The van der Waals surface area contributed by atoms with E-state index in [1.165, 1.54) is 0 Å². The largest absolute Gasteiger partial charge is 0.748 e. The third-order valence-corrected chi connectivity index (χ3v) is 2.94. The summed E-state index contributed by atoms with van der Waals surface area (Å²) in [6.45, 7) is 3.93. The number of hydrogen-bond donors (Lipinski definition) is 0. The number of rotatable bonds is 4. The van der Waals surface area contributed by atoms with Crippen molar-refractivity contribution >= 4 is 10.1 Å². The first-order valence-electron chi connectivity index (χ1n) is 5.86. The molecule has 2 heterocycles. The van der Waals surface area contributed by atoms with Gasteiger partial charge < -0.3 is 4.55 Å². The zero-order chi connectivity index (χ0) is 15.2. The van der Waals surface area contributed by atoms with E-state index in [1.807, 2.05) is 35.6 Å². The Balaban J connectivity index is 0.000000246. The SMILES string of the molecule is C=CCS(=O)(=O)[O-].C[n+]1ccn(Cn2cc[n+](C)c2)c1. The molecule has 0 fully saturated rings. The normalized spacial score (nSPS) is 10.8. The van der Waals surface area contributed by atoms with Crippen LogP contribution in [0.2, 0.25) is 0 Å². The Morgan fingerprint density at radius 1 is 1.15 bits per heavy atom. The van der Waals surface area contributed by atoms with E-state index in [0.29, 0.717) is 0 Å². The van der Waals surface area contributed by atoms with Crippen molar-refractivity contribution in [2.24, 2.45) is 14.1 Å². The molecule has 0 aliphatic rings. The summed E-state index contributed by atoms with van der Waals surface area (Å²) < 4.78 is 37.1. The topological polar surface area (TPSA) is 74.8 Å². The molecule has 0 bridgehead atoms. The second kappa shape index (κ2) is 7.01. The molecule has 20 heavy (non-hydrogen) atoms. The molecular formula is C12H19N4O3S+. The zero-order valence-corrected chi connectivity index (χ0v) is 12.4. The molecule has 0 amide bonds. The Kier molecular flexibility index (Phi) is 5.66. The first-order chi connectivity index (χ1) is 9.30. The van der Waals surface area contributed by atoms with Gasteiger partial charge in [0.1, 0.15) is 24.8 Å². The molecule has 0 unspecified atom stereocenters. The second-order valence-electron chi connectivity index (χ2n) is 4.34. The Labute approximate surface area is 118 Å². The van der Waals surface area contributed by atoms with Crippen molar-refractivity contribution in [1.82, 2.24) is 9.13 Å². The Bertz CT molecular complexity index is 620. The molecule has 2 aromatic heterocycles. The molecule has 2 aromatic rings. The molecule has 110 valence electrons. The summed E-state index contributed by atoms with van der Waals surface area (Å²) in [7, 11) is -0.00225. The van der Waals surface area contributed by atoms with E-state index in [9.17, 15) is 13.0 Å². The number of hydrogen-bond acceptors (Lipinski definition) is 3. The van der Waals surface area contributed by atoms with Gasteiger partial charge in [-0.1, -0.05) is 6.08 Å². The smallest absolute Gasteiger partial charge is 0.246 e. The minimum absolute atomic E-state index is 0.479. The van der Waals surface area contributed by atoms with Crippen LogP contribution >= 0.6 is 0 Å². The summed E-state index contributed by atoms with van der Waals surface area (Å²) in [5.41, 5.74) is 0. The van der Waals surface area contributed by atoms with Crippen molar-refractivity contribution in [2.45, 2.75) is 6.67 Å². The number of nitrogens with zero attached hydrogens (tertiary/aromatic N) is 4. The Morgan fingerprint density at radius 3 is 1.80 bits per heavy atom. The van der Waals surface area contributed by atoms with Crippen molar-refractivity contribution in [2.75, 3.05) is 5.75 Å². The summed E-state index contributed by atoms with van der Waals surface area (Å²) >= 11 is 0. The van der Waals surface area contributed by atoms with Gasteiger partial charge in [0.15, 0.2) is 0 Å². The second-order valence-corrected chi connectivity index (χ2v) is 5.79. The zero-order valence-electron chi connectivity index (χ0n) is 11.6. The molecule has 0 atom stereocenters. The van der Waals surface area contributed by atoms with Gasteiger partial charge in [0.2, 0.25) is 19.3 Å². The maximum atomic E-state index is 9.60. The van der Waals surface area contributed by atoms with Gasteiger partial charge in [0, 0.05) is 0 Å². The molecule has 0 N–H and O–H groups in total. The quantitative estimate of drug-likeness (QED) is 0.420. The van der Waals surface area contributed by atoms with E-state index >= 15 is 0 Å². The van der Waals surface area contributed by atoms with Crippen LogP contribution in [-0.4, -0.2) is 27.9 Å². The lowest BCUT2D eigenvalue weighted by Gasteiger charge is -1.98. The van der Waals surface area contributed by atoms with Crippen LogP contribution in [0.1, 0.15) is 0 Å². The lowest BCUT2D eigenvalue weighted by molar-refractivity contribution is -0.671. The first kappa shape index (κ1) is 16.1. The molecule has 8 heteroatoms. The summed E-state index contributed by atoms with van der Waals surface area (Å²) in [5.74, 6) is -0.479. The fourth-order valence-corrected chi connectivity index (χ4v) is 1.79. The predicted octanol–water partition coefficient (Wildman–Crippen LogP) is -0.838. The summed E-state index contributed by atoms with van der Waals surface area (Å²) in [4.78, 5) is 0. The van der Waals surface area contributed by atoms with Gasteiger partial charge in [-0.15, -0.1) is 6.58 Å². The molecule has 0 aliphatic carbocycles. The highest BCUT2D eigenvalue weighted by molar-refractivity contribution is 7.85. The summed E-state index contributed by atoms with van der Waals surface area (Å²) in [6, 6.07) is 0. The maximum Gasteiger partial charge on any atom is 0.246 e. The van der Waals surface area contributed by atoms with Crippen molar-refractivity contribution in [3.05, 3.63) is 50.1 Å². The van der Waals surface area contributed by atoms with Gasteiger partial charge in [0.05, 0.1) is 30.0 Å². The van der Waals surface area contributed by atoms with Gasteiger partial charge >= 0.3 is 0 Å². The van der Waals surface area contributed by atoms with Gasteiger partial charge in [-0.05, 0) is 0 Å². The van der Waals surface area contributed by atoms with Crippen LogP contribution in [-0.2, 0) is 30.9 Å². The Morgan fingerprint density at radius 2 is 1.60 bits per heavy atom. The summed E-state index contributed by atoms with van der Waals surface area (Å²) in [5, 5.41) is 0. The van der Waals surface area contributed by atoms with Crippen molar-refractivity contribution in [3.63, 3.8) is 0 Å². The monoisotopic (exact) mass is 299 g/mol. The lowest BCUT2D eigenvalue weighted by atomic mass is 10.8. The molecule has 0 aliphatic heterocycles. The van der Waals surface area contributed by atoms with Crippen LogP contribution in [0.25, 0.3) is 0 Å². The van der Waals surface area contributed by atoms with Crippen LogP contribution in [0.15, 0.2) is 50.1 Å². The van der Waals surface area contributed by atoms with Crippen molar-refractivity contribution in [3.8, 4) is 0 Å². The number of aryl methyl sites for hydroxylation is 2. The summed E-state index contributed by atoms with van der Waals surface area (Å²) in [6.07, 6.45) is 13.3. The average Bonchev–Trinajstić information content (AvgIpc) is 2.88. The molecular weight excluding hydrogens is 280 g/mol. The van der Waals surface area contributed by atoms with Crippen LogP contribution in [0.5, 0.6) is 0 Å². The van der Waals surface area contributed by atoms with Gasteiger partial charge in [-0.2, -0.15) is 9.13 Å². The van der Waals surface area contributed by atoms with E-state index in [2.05, 4.69) is 40.8 Å². The molecule has 7 nitrogen and oxygen atoms in total. The highest BCUT2D eigenvalue weighted by Crippen LogP contribution is 1.87. The van der Waals surface area contributed by atoms with Gasteiger partial charge in [0.25, 0.3) is 0 Å². The van der Waals surface area contributed by atoms with Crippen LogP contribution in [0.4, 0.5) is 0 Å². The van der Waals surface area contributed by atoms with E-state index in [1.54, 1.807) is 0 Å². The van der Waals surface area contributed by atoms with Gasteiger partial charge in [-0.25, -0.2) is 17.6 Å². The lowest BCUT2D eigenvalue weighted by Crippen LogP contribution is -2.25. The van der Waals surface area contributed by atoms with E-state index in [0.717, 1.165) is 12.7 Å². The van der Waals surface area contributed by atoms with Crippen LogP contribution < -0.4 is 9.13 Å². The van der Waals surface area contributed by atoms with E-state index in [4.69, 9.17) is 0 Å². The molecule has 0 saturated heterocycles. The van der Waals surface area contributed by atoms with E-state index < -0.39 is 15.9 Å². The van der Waals surface area contributed by atoms with Crippen molar-refractivity contribution < 1.29 is 22.1 Å². The van der Waals surface area contributed by atoms with Crippen LogP contribution in [0, 0.1) is 0 Å². The first-order valence-corrected chi connectivity index (χ1v) is 7.44. The van der Waals surface area contributed by atoms with Gasteiger partial charge in [-0.3, -0.25) is 0 Å². The standard InChI is InChI=1S/C9H14N4.C3H6O3S/c1-10-3-5-12(7-10)9-13-6-4-11(2)8-13;1-2-3-7(4,5)6/h3-8H,9H2,1-2H3;2H,1,3H2,(H,4,5,6)/q+2;/p-1. The highest BCUT2D eigenvalue weighted by atomic mass is 32.2. The predicted molar refractivity (Wildman–Crippen MR) is 71.4 cm³/mol. The number of imidazole rings is 2. The minimum atomic E-state index is -4.04. The third kappa shape index (κ3) is 6.30. The fraction of sp³-hybridized carbons (Fsp3) is 0.333. The Hall–Kier alpha value is -1.93. The maximum absolute atomic E-state index is 9.60.